The predicted octanol–water partition coefficient (Wildman–Crippen LogP) is 2.34. The summed E-state index contributed by atoms with van der Waals surface area (Å²) >= 11 is 5.65. The summed E-state index contributed by atoms with van der Waals surface area (Å²) in [6, 6.07) is 8.68. The molecular weight excluding hydrogens is 216 g/mol. The van der Waals surface area contributed by atoms with Crippen molar-refractivity contribution in [2.75, 3.05) is 14.1 Å². The van der Waals surface area contributed by atoms with Gasteiger partial charge in [0.1, 0.15) is 5.75 Å². The van der Waals surface area contributed by atoms with Gasteiger partial charge in [0.15, 0.2) is 0 Å². The first kappa shape index (κ1) is 11.5. The summed E-state index contributed by atoms with van der Waals surface area (Å²) in [4.78, 5) is 16.2. The van der Waals surface area contributed by atoms with Gasteiger partial charge in [-0.15, -0.1) is 4.99 Å². The van der Waals surface area contributed by atoms with Gasteiger partial charge in [-0.1, -0.05) is 18.2 Å². The number of nitrogens with zero attached hydrogens (tertiary/aromatic N) is 2. The van der Waals surface area contributed by atoms with Gasteiger partial charge in [0, 0.05) is 14.1 Å². The van der Waals surface area contributed by atoms with Crippen molar-refractivity contribution in [3.8, 4) is 5.75 Å². The number of ether oxygens (including phenoxy) is 1. The number of carbonyl (C=O) groups is 1. The number of carbonyl (C=O) groups excluding carboxylic acids is 1. The van der Waals surface area contributed by atoms with Crippen molar-refractivity contribution in [1.29, 1.82) is 0 Å². The molecule has 0 spiro atoms. The Balaban J connectivity index is 2.61. The van der Waals surface area contributed by atoms with Gasteiger partial charge in [0.2, 0.25) is 5.29 Å². The molecule has 0 bridgehead atoms. The molecule has 0 saturated carbocycles. The molecule has 5 heteroatoms. The van der Waals surface area contributed by atoms with Gasteiger partial charge in [0.05, 0.1) is 0 Å². The van der Waals surface area contributed by atoms with Crippen LogP contribution < -0.4 is 4.74 Å². The summed E-state index contributed by atoms with van der Waals surface area (Å²) in [5, 5.41) is 0.0796. The molecule has 1 aromatic carbocycles. The zero-order valence-electron chi connectivity index (χ0n) is 8.48. The third-order valence-corrected chi connectivity index (χ3v) is 1.92. The average Bonchev–Trinajstić information content (AvgIpc) is 2.18. The maximum absolute atomic E-state index is 11.2. The Morgan fingerprint density at radius 2 is 1.93 bits per heavy atom. The molecule has 0 saturated heterocycles. The summed E-state index contributed by atoms with van der Waals surface area (Å²) in [6.07, 6.45) is -0.736. The number of benzene rings is 1. The minimum absolute atomic E-state index is 0.0796. The van der Waals surface area contributed by atoms with Gasteiger partial charge in [-0.2, -0.15) is 0 Å². The summed E-state index contributed by atoms with van der Waals surface area (Å²) in [5.74, 6) is 0.439. The van der Waals surface area contributed by atoms with Crippen molar-refractivity contribution >= 4 is 23.0 Å². The maximum Gasteiger partial charge on any atom is 0.441 e. The standard InChI is InChI=1S/C10H11ClN2O2/c1-13(2)9(11)12-10(14)15-8-6-4-3-5-7-8/h3-7H,1-2H3. The molecule has 0 N–H and O–H groups in total. The smallest absolute Gasteiger partial charge is 0.409 e. The zero-order valence-corrected chi connectivity index (χ0v) is 9.23. The van der Waals surface area contributed by atoms with E-state index in [4.69, 9.17) is 16.3 Å². The fraction of sp³-hybridized carbons (Fsp3) is 0.200. The Hall–Kier alpha value is -1.55. The Kier molecular flexibility index (Phi) is 4.12. The lowest BCUT2D eigenvalue weighted by molar-refractivity contribution is 0.211. The first-order valence-electron chi connectivity index (χ1n) is 4.28. The van der Waals surface area contributed by atoms with Crippen molar-refractivity contribution in [3.05, 3.63) is 30.3 Å². The van der Waals surface area contributed by atoms with Crippen LogP contribution in [0.25, 0.3) is 0 Å². The van der Waals surface area contributed by atoms with E-state index in [-0.39, 0.29) is 5.29 Å². The Morgan fingerprint density at radius 1 is 1.33 bits per heavy atom. The molecule has 0 aliphatic heterocycles. The minimum Gasteiger partial charge on any atom is -0.409 e. The molecule has 0 aliphatic carbocycles. The molecule has 15 heavy (non-hydrogen) atoms. The van der Waals surface area contributed by atoms with E-state index in [9.17, 15) is 4.79 Å². The number of aliphatic imine (C=N–C) groups is 1. The third kappa shape index (κ3) is 3.99. The van der Waals surface area contributed by atoms with Crippen molar-refractivity contribution in [1.82, 2.24) is 4.90 Å². The number of hydrogen-bond donors (Lipinski definition) is 0. The van der Waals surface area contributed by atoms with E-state index in [1.807, 2.05) is 6.07 Å². The molecule has 0 heterocycles. The Morgan fingerprint density at radius 3 is 2.47 bits per heavy atom. The van der Waals surface area contributed by atoms with Crippen LogP contribution >= 0.6 is 11.6 Å². The van der Waals surface area contributed by atoms with Crippen molar-refractivity contribution in [2.24, 2.45) is 4.99 Å². The summed E-state index contributed by atoms with van der Waals surface area (Å²) in [7, 11) is 3.36. The summed E-state index contributed by atoms with van der Waals surface area (Å²) in [6.45, 7) is 0. The number of amides is 1. The number of hydrogen-bond acceptors (Lipinski definition) is 2. The number of para-hydroxylation sites is 1. The Bertz CT molecular complexity index is 363. The van der Waals surface area contributed by atoms with Crippen LogP contribution in [0.1, 0.15) is 0 Å². The van der Waals surface area contributed by atoms with E-state index in [0.717, 1.165) is 0 Å². The largest absolute Gasteiger partial charge is 0.441 e. The van der Waals surface area contributed by atoms with Crippen LogP contribution in [0.15, 0.2) is 35.3 Å². The van der Waals surface area contributed by atoms with Crippen LogP contribution in [0.5, 0.6) is 5.75 Å². The topological polar surface area (TPSA) is 41.9 Å². The van der Waals surface area contributed by atoms with Gasteiger partial charge < -0.3 is 9.64 Å². The minimum atomic E-state index is -0.736. The second kappa shape index (κ2) is 5.36. The molecule has 4 nitrogen and oxygen atoms in total. The van der Waals surface area contributed by atoms with Gasteiger partial charge in [-0.05, 0) is 23.7 Å². The second-order valence-corrected chi connectivity index (χ2v) is 3.29. The number of halogens is 1. The first-order chi connectivity index (χ1) is 7.09. The van der Waals surface area contributed by atoms with Crippen molar-refractivity contribution < 1.29 is 9.53 Å². The van der Waals surface area contributed by atoms with Crippen LogP contribution in [-0.4, -0.2) is 30.4 Å². The van der Waals surface area contributed by atoms with E-state index >= 15 is 0 Å². The first-order valence-corrected chi connectivity index (χ1v) is 4.66. The third-order valence-electron chi connectivity index (χ3n) is 1.50. The van der Waals surface area contributed by atoms with Crippen molar-refractivity contribution in [2.45, 2.75) is 0 Å². The molecule has 0 aromatic heterocycles. The van der Waals surface area contributed by atoms with E-state index in [0.29, 0.717) is 5.75 Å². The normalized spacial score (nSPS) is 11.0. The van der Waals surface area contributed by atoms with Gasteiger partial charge >= 0.3 is 6.09 Å². The lowest BCUT2D eigenvalue weighted by Crippen LogP contribution is -2.18. The molecule has 1 rings (SSSR count). The maximum atomic E-state index is 11.2. The molecule has 0 aliphatic rings. The van der Waals surface area contributed by atoms with Crippen molar-refractivity contribution in [3.63, 3.8) is 0 Å². The van der Waals surface area contributed by atoms with E-state index < -0.39 is 6.09 Å². The summed E-state index contributed by atoms with van der Waals surface area (Å²) in [5.41, 5.74) is 0. The second-order valence-electron chi connectivity index (χ2n) is 2.96. The highest BCUT2D eigenvalue weighted by molar-refractivity contribution is 6.65. The SMILES string of the molecule is CN(C)C(Cl)=NC(=O)Oc1ccccc1. The van der Waals surface area contributed by atoms with Crippen LogP contribution in [0.4, 0.5) is 4.79 Å². The molecule has 0 radical (unpaired) electrons. The lowest BCUT2D eigenvalue weighted by Gasteiger charge is -2.07. The fourth-order valence-corrected chi connectivity index (χ4v) is 0.857. The fourth-order valence-electron chi connectivity index (χ4n) is 0.788. The molecule has 0 unspecified atom stereocenters. The van der Waals surface area contributed by atoms with E-state index in [2.05, 4.69) is 4.99 Å². The van der Waals surface area contributed by atoms with Crippen LogP contribution in [-0.2, 0) is 0 Å². The van der Waals surface area contributed by atoms with Gasteiger partial charge in [-0.25, -0.2) is 4.79 Å². The van der Waals surface area contributed by atoms with Crippen LogP contribution in [0.3, 0.4) is 0 Å². The number of rotatable bonds is 1. The predicted molar refractivity (Wildman–Crippen MR) is 59.4 cm³/mol. The molecular formula is C10H11ClN2O2. The quantitative estimate of drug-likeness (QED) is 0.419. The van der Waals surface area contributed by atoms with Crippen LogP contribution in [0, 0.1) is 0 Å². The van der Waals surface area contributed by atoms with E-state index in [1.165, 1.54) is 4.90 Å². The lowest BCUT2D eigenvalue weighted by atomic mass is 10.3. The Labute approximate surface area is 93.1 Å². The molecule has 0 fully saturated rings. The highest BCUT2D eigenvalue weighted by Gasteiger charge is 2.05. The zero-order chi connectivity index (χ0) is 11.3. The molecule has 0 atom stereocenters. The summed E-state index contributed by atoms with van der Waals surface area (Å²) < 4.78 is 4.90. The molecule has 80 valence electrons. The highest BCUT2D eigenvalue weighted by Crippen LogP contribution is 2.09. The van der Waals surface area contributed by atoms with Crippen LogP contribution in [0.2, 0.25) is 0 Å². The number of amidine groups is 1. The van der Waals surface area contributed by atoms with Gasteiger partial charge in [0.25, 0.3) is 0 Å². The molecule has 1 amide bonds. The monoisotopic (exact) mass is 226 g/mol. The van der Waals surface area contributed by atoms with Gasteiger partial charge in [-0.3, -0.25) is 0 Å². The molecule has 1 aromatic rings. The highest BCUT2D eigenvalue weighted by atomic mass is 35.5. The van der Waals surface area contributed by atoms with E-state index in [1.54, 1.807) is 38.4 Å². The average molecular weight is 227 g/mol.